The number of aliphatic hydroxyl groups excluding tert-OH is 2. The number of nitrogens with one attached hydrogen (secondary N) is 1. The number of hydrogen-bond donors (Lipinski definition) is 3. The molecule has 1 heterocycles. The van der Waals surface area contributed by atoms with Gasteiger partial charge in [-0.25, -0.2) is 0 Å². The zero-order valence-corrected chi connectivity index (χ0v) is 8.46. The fourth-order valence-corrected chi connectivity index (χ4v) is 2.44. The number of rotatable bonds is 2. The van der Waals surface area contributed by atoms with E-state index in [1.165, 1.54) is 19.3 Å². The lowest BCUT2D eigenvalue weighted by molar-refractivity contribution is -0.0384. The number of aliphatic hydroxyl groups is 2. The van der Waals surface area contributed by atoms with Crippen molar-refractivity contribution >= 4 is 0 Å². The van der Waals surface area contributed by atoms with Gasteiger partial charge in [-0.2, -0.15) is 0 Å². The maximum Gasteiger partial charge on any atom is 0.119 e. The summed E-state index contributed by atoms with van der Waals surface area (Å²) < 4.78 is 5.75. The van der Waals surface area contributed by atoms with Gasteiger partial charge in [0.05, 0.1) is 25.4 Å². The molecule has 3 N–H and O–H groups in total. The van der Waals surface area contributed by atoms with Gasteiger partial charge < -0.3 is 14.9 Å². The van der Waals surface area contributed by atoms with Gasteiger partial charge in [0.25, 0.3) is 0 Å². The third-order valence-electron chi connectivity index (χ3n) is 3.38. The van der Waals surface area contributed by atoms with E-state index < -0.39 is 5.54 Å². The summed E-state index contributed by atoms with van der Waals surface area (Å²) in [5, 5.41) is 21.8. The third kappa shape index (κ3) is 1.67. The summed E-state index contributed by atoms with van der Waals surface area (Å²) in [5.74, 6) is 0. The summed E-state index contributed by atoms with van der Waals surface area (Å²) in [6.45, 7) is 0.288. The Morgan fingerprint density at radius 3 is 2.21 bits per heavy atom. The highest BCUT2D eigenvalue weighted by Gasteiger charge is 2.48. The number of hydrogen-bond acceptors (Lipinski definition) is 4. The number of ether oxygens (including phenoxy) is 1. The SMILES string of the molecule is OCC1(CO)COC2(CCCCC2)N1. The van der Waals surface area contributed by atoms with Gasteiger partial charge in [-0.1, -0.05) is 6.42 Å². The van der Waals surface area contributed by atoms with Crippen LogP contribution in [0.1, 0.15) is 32.1 Å². The third-order valence-corrected chi connectivity index (χ3v) is 3.38. The minimum Gasteiger partial charge on any atom is -0.394 e. The minimum absolute atomic E-state index is 0.0642. The molecular formula is C10H19NO3. The van der Waals surface area contributed by atoms with E-state index in [4.69, 9.17) is 4.74 Å². The maximum atomic E-state index is 9.23. The predicted molar refractivity (Wildman–Crippen MR) is 51.8 cm³/mol. The molecule has 0 atom stereocenters. The highest BCUT2D eigenvalue weighted by atomic mass is 16.5. The van der Waals surface area contributed by atoms with Gasteiger partial charge in [-0.3, -0.25) is 5.32 Å². The summed E-state index contributed by atoms with van der Waals surface area (Å²) >= 11 is 0. The van der Waals surface area contributed by atoms with Crippen LogP contribution in [0, 0.1) is 0 Å². The molecule has 0 aromatic rings. The molecule has 14 heavy (non-hydrogen) atoms. The Labute approximate surface area is 84.3 Å². The molecule has 1 saturated carbocycles. The molecule has 2 rings (SSSR count). The maximum absolute atomic E-state index is 9.23. The van der Waals surface area contributed by atoms with Crippen LogP contribution in [0.2, 0.25) is 0 Å². The van der Waals surface area contributed by atoms with E-state index >= 15 is 0 Å². The lowest BCUT2D eigenvalue weighted by atomic mass is 9.90. The molecule has 0 aromatic carbocycles. The summed E-state index contributed by atoms with van der Waals surface area (Å²) in [7, 11) is 0. The largest absolute Gasteiger partial charge is 0.394 e. The molecule has 1 aliphatic heterocycles. The molecule has 0 aromatic heterocycles. The van der Waals surface area contributed by atoms with Crippen molar-refractivity contribution in [2.75, 3.05) is 19.8 Å². The van der Waals surface area contributed by atoms with Crippen LogP contribution in [-0.2, 0) is 4.74 Å². The van der Waals surface area contributed by atoms with Crippen molar-refractivity contribution in [1.29, 1.82) is 0 Å². The average Bonchev–Trinajstić information content (AvgIpc) is 2.60. The van der Waals surface area contributed by atoms with Gasteiger partial charge in [0.15, 0.2) is 0 Å². The topological polar surface area (TPSA) is 61.7 Å². The molecule has 1 spiro atoms. The molecule has 2 aliphatic rings. The molecule has 4 heteroatoms. The first-order valence-electron chi connectivity index (χ1n) is 5.39. The van der Waals surface area contributed by atoms with E-state index in [0.717, 1.165) is 12.8 Å². The van der Waals surface area contributed by atoms with Crippen LogP contribution in [0.25, 0.3) is 0 Å². The van der Waals surface area contributed by atoms with Crippen molar-refractivity contribution in [3.05, 3.63) is 0 Å². The lowest BCUT2D eigenvalue weighted by Gasteiger charge is -2.35. The van der Waals surface area contributed by atoms with Gasteiger partial charge in [0.2, 0.25) is 0 Å². The van der Waals surface area contributed by atoms with E-state index in [0.29, 0.717) is 6.61 Å². The molecule has 0 unspecified atom stereocenters. The van der Waals surface area contributed by atoms with Gasteiger partial charge in [0.1, 0.15) is 5.72 Å². The normalized spacial score (nSPS) is 29.6. The Bertz CT molecular complexity index is 198. The summed E-state index contributed by atoms with van der Waals surface area (Å²) in [5.41, 5.74) is -0.874. The smallest absolute Gasteiger partial charge is 0.119 e. The molecule has 2 fully saturated rings. The Morgan fingerprint density at radius 2 is 1.71 bits per heavy atom. The van der Waals surface area contributed by atoms with E-state index in [-0.39, 0.29) is 18.9 Å². The average molecular weight is 201 g/mol. The van der Waals surface area contributed by atoms with Crippen LogP contribution >= 0.6 is 0 Å². The van der Waals surface area contributed by atoms with Crippen LogP contribution in [0.4, 0.5) is 0 Å². The second-order valence-corrected chi connectivity index (χ2v) is 4.57. The zero-order valence-electron chi connectivity index (χ0n) is 8.46. The summed E-state index contributed by atoms with van der Waals surface area (Å²) in [6.07, 6.45) is 5.58. The fourth-order valence-electron chi connectivity index (χ4n) is 2.44. The molecule has 82 valence electrons. The highest BCUT2D eigenvalue weighted by molar-refractivity contribution is 5.00. The molecule has 4 nitrogen and oxygen atoms in total. The van der Waals surface area contributed by atoms with Crippen LogP contribution < -0.4 is 5.32 Å². The quantitative estimate of drug-likeness (QED) is 0.588. The Balaban J connectivity index is 2.04. The van der Waals surface area contributed by atoms with Crippen molar-refractivity contribution in [2.24, 2.45) is 0 Å². The standard InChI is InChI=1S/C10H19NO3/c12-6-9(7-13)8-14-10(11-9)4-2-1-3-5-10/h11-13H,1-8H2. The van der Waals surface area contributed by atoms with Crippen molar-refractivity contribution in [3.8, 4) is 0 Å². The van der Waals surface area contributed by atoms with Gasteiger partial charge in [-0.05, 0) is 25.7 Å². The second kappa shape index (κ2) is 3.77. The van der Waals surface area contributed by atoms with E-state index in [2.05, 4.69) is 5.32 Å². The van der Waals surface area contributed by atoms with E-state index in [1.54, 1.807) is 0 Å². The van der Waals surface area contributed by atoms with E-state index in [1.807, 2.05) is 0 Å². The minimum atomic E-state index is -0.614. The first-order chi connectivity index (χ1) is 6.74. The van der Waals surface area contributed by atoms with Gasteiger partial charge >= 0.3 is 0 Å². The van der Waals surface area contributed by atoms with E-state index in [9.17, 15) is 10.2 Å². The van der Waals surface area contributed by atoms with Crippen molar-refractivity contribution in [2.45, 2.75) is 43.4 Å². The van der Waals surface area contributed by atoms with Crippen LogP contribution in [0.5, 0.6) is 0 Å². The lowest BCUT2D eigenvalue weighted by Crippen LogP contribution is -2.56. The first-order valence-corrected chi connectivity index (χ1v) is 5.39. The zero-order chi connectivity index (χ0) is 10.1. The molecule has 0 radical (unpaired) electrons. The van der Waals surface area contributed by atoms with Crippen molar-refractivity contribution < 1.29 is 14.9 Å². The van der Waals surface area contributed by atoms with Crippen LogP contribution in [0.15, 0.2) is 0 Å². The monoisotopic (exact) mass is 201 g/mol. The summed E-state index contributed by atoms with van der Waals surface area (Å²) in [6, 6.07) is 0. The Kier molecular flexibility index (Phi) is 2.79. The second-order valence-electron chi connectivity index (χ2n) is 4.57. The van der Waals surface area contributed by atoms with Crippen molar-refractivity contribution in [3.63, 3.8) is 0 Å². The van der Waals surface area contributed by atoms with Gasteiger partial charge in [0, 0.05) is 0 Å². The Hall–Kier alpha value is -0.160. The van der Waals surface area contributed by atoms with Gasteiger partial charge in [-0.15, -0.1) is 0 Å². The summed E-state index contributed by atoms with van der Waals surface area (Å²) in [4.78, 5) is 0. The molecule has 1 saturated heterocycles. The fraction of sp³-hybridized carbons (Fsp3) is 1.00. The molecule has 1 aliphatic carbocycles. The molecule has 0 bridgehead atoms. The predicted octanol–water partition coefficient (Wildman–Crippen LogP) is -0.0100. The van der Waals surface area contributed by atoms with Crippen LogP contribution in [-0.4, -0.2) is 41.3 Å². The van der Waals surface area contributed by atoms with Crippen LogP contribution in [0.3, 0.4) is 0 Å². The first kappa shape index (κ1) is 10.4. The highest BCUT2D eigenvalue weighted by Crippen LogP contribution is 2.35. The van der Waals surface area contributed by atoms with Crippen molar-refractivity contribution in [1.82, 2.24) is 5.32 Å². The molecule has 0 amide bonds. The Morgan fingerprint density at radius 1 is 1.07 bits per heavy atom. The molecular weight excluding hydrogens is 182 g/mol.